The number of ether oxygens (including phenoxy) is 8. The Hall–Kier alpha value is -8.29. The van der Waals surface area contributed by atoms with Gasteiger partial charge < -0.3 is 95.9 Å². The van der Waals surface area contributed by atoms with Gasteiger partial charge in [0.1, 0.15) is 127 Å². The molecule has 0 radical (unpaired) electrons. The first-order valence-electron chi connectivity index (χ1n) is 24.3. The summed E-state index contributed by atoms with van der Waals surface area (Å²) in [6.07, 6.45) is -8.29. The highest BCUT2D eigenvalue weighted by atomic mass is 16.7. The second kappa shape index (κ2) is 24.2. The van der Waals surface area contributed by atoms with E-state index in [9.17, 15) is 55.2 Å². The molecule has 28 nitrogen and oxygen atoms in total. The molecule has 416 valence electrons. The lowest BCUT2D eigenvalue weighted by molar-refractivity contribution is -0.763. The number of phenols is 3. The van der Waals surface area contributed by atoms with Crippen LogP contribution in [-0.4, -0.2) is 167 Å². The fraction of sp³-hybridized carbons (Fsp3) is 0.353. The number of benzene rings is 3. The van der Waals surface area contributed by atoms with Gasteiger partial charge in [0, 0.05) is 35.3 Å². The van der Waals surface area contributed by atoms with Crippen LogP contribution in [-0.2, 0) is 37.9 Å². The van der Waals surface area contributed by atoms with Crippen molar-refractivity contribution in [3.63, 3.8) is 0 Å². The number of hydrogen-bond donors (Lipinski definition) is 11. The number of aromatic hydroxyl groups is 3. The number of aliphatic hydroxyl groups is 5. The summed E-state index contributed by atoms with van der Waals surface area (Å²) in [6.45, 7) is -2.32. The molecule has 3 aromatic heterocycles. The topological polar surface area (TPSA) is 415 Å². The summed E-state index contributed by atoms with van der Waals surface area (Å²) in [5.74, 6) is -4.71. The summed E-state index contributed by atoms with van der Waals surface area (Å²) in [4.78, 5) is 52.8. The molecule has 14 N–H and O–H groups in total. The van der Waals surface area contributed by atoms with Gasteiger partial charge in [0.15, 0.2) is 24.4 Å². The van der Waals surface area contributed by atoms with Gasteiger partial charge in [-0.3, -0.25) is 0 Å². The van der Waals surface area contributed by atoms with Gasteiger partial charge in [0.25, 0.3) is 19.0 Å². The van der Waals surface area contributed by atoms with Gasteiger partial charge in [-0.15, -0.1) is 0 Å². The van der Waals surface area contributed by atoms with E-state index >= 15 is 0 Å². The van der Waals surface area contributed by atoms with Crippen molar-refractivity contribution in [2.45, 2.75) is 91.9 Å². The van der Waals surface area contributed by atoms with Crippen molar-refractivity contribution in [1.82, 2.24) is 15.0 Å². The Morgan fingerprint density at radius 3 is 1.24 bits per heavy atom. The molecule has 3 aliphatic rings. The molecule has 3 aromatic carbocycles. The molecule has 79 heavy (non-hydrogen) atoms. The summed E-state index contributed by atoms with van der Waals surface area (Å²) >= 11 is 0. The van der Waals surface area contributed by atoms with Crippen molar-refractivity contribution in [2.24, 2.45) is 0 Å². The number of anilines is 3. The monoisotopic (exact) mass is 1100 g/mol. The largest absolute Gasteiger partial charge is 0.507 e. The van der Waals surface area contributed by atoms with E-state index in [0.29, 0.717) is 0 Å². The van der Waals surface area contributed by atoms with Gasteiger partial charge in [-0.05, 0) is 54.6 Å². The van der Waals surface area contributed by atoms with Crippen LogP contribution in [0.2, 0.25) is 0 Å². The lowest BCUT2D eigenvalue weighted by Gasteiger charge is -2.48. The second-order valence-electron chi connectivity index (χ2n) is 18.5. The van der Waals surface area contributed by atoms with Crippen molar-refractivity contribution < 1.29 is 107 Å². The summed E-state index contributed by atoms with van der Waals surface area (Å²) < 4.78 is 53.1. The van der Waals surface area contributed by atoms with Gasteiger partial charge in [-0.1, -0.05) is 15.0 Å². The zero-order valence-corrected chi connectivity index (χ0v) is 41.4. The van der Waals surface area contributed by atoms with Crippen LogP contribution in [0.5, 0.6) is 17.2 Å². The zero-order valence-electron chi connectivity index (χ0n) is 41.4. The van der Waals surface area contributed by atoms with Crippen LogP contribution in [0.25, 0.3) is 0 Å². The van der Waals surface area contributed by atoms with Crippen molar-refractivity contribution in [3.8, 4) is 17.2 Å². The van der Waals surface area contributed by atoms with E-state index in [2.05, 4.69) is 15.0 Å². The normalized spacial score (nSPS) is 28.7. The number of nitrogens with two attached hydrogens (primary N) is 3. The number of hydrogen-bond acceptors (Lipinski definition) is 25. The third-order valence-electron chi connectivity index (χ3n) is 13.3. The smallest absolute Gasteiger partial charge is 0.342 e. The van der Waals surface area contributed by atoms with E-state index < -0.39 is 147 Å². The Morgan fingerprint density at radius 1 is 0.481 bits per heavy atom. The molecule has 0 bridgehead atoms. The van der Waals surface area contributed by atoms with Crippen LogP contribution in [0.1, 0.15) is 49.2 Å². The minimum atomic E-state index is -1.90. The maximum atomic E-state index is 13.8. The molecule has 9 rings (SSSR count). The average Bonchev–Trinajstić information content (AvgIpc) is 3.61. The van der Waals surface area contributed by atoms with Crippen LogP contribution in [0.3, 0.4) is 0 Å². The fourth-order valence-corrected chi connectivity index (χ4v) is 9.39. The number of carbonyl (C=O) groups excluding carboxylic acids is 3. The van der Waals surface area contributed by atoms with Crippen molar-refractivity contribution in [2.75, 3.05) is 37.0 Å². The summed E-state index contributed by atoms with van der Waals surface area (Å²) in [6, 6.07) is 11.3. The van der Waals surface area contributed by atoms with E-state index in [1.807, 2.05) is 0 Å². The number of carbonyl (C=O) groups is 3. The van der Waals surface area contributed by atoms with Crippen LogP contribution in [0.4, 0.5) is 17.1 Å². The highest BCUT2D eigenvalue weighted by molar-refractivity contribution is 5.94. The maximum Gasteiger partial charge on any atom is 0.342 e. The second-order valence-corrected chi connectivity index (χ2v) is 18.5. The van der Waals surface area contributed by atoms with Gasteiger partial charge >= 0.3 is 17.9 Å². The first-order chi connectivity index (χ1) is 38.0. The highest BCUT2D eigenvalue weighted by Gasteiger charge is 2.58. The number of aliphatic hydroxyl groups excluding tert-OH is 5. The predicted molar refractivity (Wildman–Crippen MR) is 261 cm³/mol. The quantitative estimate of drug-likeness (QED) is 0.0158. The molecule has 28 heteroatoms. The molecule has 6 heterocycles. The van der Waals surface area contributed by atoms with Crippen molar-refractivity contribution in [1.29, 1.82) is 0 Å². The van der Waals surface area contributed by atoms with E-state index in [-0.39, 0.29) is 33.8 Å². The van der Waals surface area contributed by atoms with E-state index in [0.717, 1.165) is 12.1 Å². The number of esters is 3. The number of aromatic nitrogens is 6. The molecule has 3 aliphatic heterocycles. The molecule has 6 aromatic rings. The van der Waals surface area contributed by atoms with Crippen molar-refractivity contribution in [3.05, 3.63) is 146 Å². The SMILES string of the molecule is Nc1ccc(O)c(C(=O)OCC2O[C@@H](O[C@@H]3C(COC(=O)c4cc(N)ccc4O)O[C@@H](O[C@@H]4C(COC(=O)c5cc(N)ccc5O)O[C@@H](O)C([n+]5cccnc5)[C@@H]4O)C([n+]4cccnc4)[C@@H]3O)C([n+]3cccnc3)[C@H](O)[C@@H]2O)c1. The Balaban J connectivity index is 1.08. The summed E-state index contributed by atoms with van der Waals surface area (Å²) in [5.41, 5.74) is 17.0. The molecule has 0 spiro atoms. The first-order valence-corrected chi connectivity index (χ1v) is 24.3. The molecule has 0 amide bonds. The molecular formula is C51H56N9O19+3. The van der Waals surface area contributed by atoms with Crippen LogP contribution < -0.4 is 30.9 Å². The van der Waals surface area contributed by atoms with Crippen LogP contribution >= 0.6 is 0 Å². The van der Waals surface area contributed by atoms with Crippen LogP contribution in [0, 0.1) is 0 Å². The lowest BCUT2D eigenvalue weighted by atomic mass is 9.93. The first kappa shape index (κ1) is 55.5. The molecule has 0 saturated carbocycles. The Kier molecular flexibility index (Phi) is 17.0. The predicted octanol–water partition coefficient (Wildman–Crippen LogP) is -2.43. The molecular weight excluding hydrogens is 1040 g/mol. The molecule has 0 aliphatic carbocycles. The summed E-state index contributed by atoms with van der Waals surface area (Å²) in [5, 5.41) is 91.6. The average molecular weight is 1100 g/mol. The van der Waals surface area contributed by atoms with Crippen LogP contribution in [0.15, 0.2) is 129 Å². The van der Waals surface area contributed by atoms with Gasteiger partial charge in [0.05, 0.1) is 18.6 Å². The van der Waals surface area contributed by atoms with E-state index in [1.165, 1.54) is 131 Å². The molecule has 3 saturated heterocycles. The third-order valence-corrected chi connectivity index (χ3v) is 13.3. The molecule has 15 atom stereocenters. The van der Waals surface area contributed by atoms with E-state index in [1.54, 1.807) is 0 Å². The number of nitrogens with zero attached hydrogens (tertiary/aromatic N) is 6. The number of rotatable bonds is 16. The highest BCUT2D eigenvalue weighted by Crippen LogP contribution is 2.38. The Morgan fingerprint density at radius 2 is 0.835 bits per heavy atom. The van der Waals surface area contributed by atoms with Gasteiger partial charge in [-0.2, -0.15) is 0 Å². The third kappa shape index (κ3) is 12.2. The van der Waals surface area contributed by atoms with Gasteiger partial charge in [0.2, 0.25) is 12.6 Å². The lowest BCUT2D eigenvalue weighted by Crippen LogP contribution is -2.70. The number of phenolic OH excluding ortho intramolecular Hbond substituents is 3. The molecule has 6 unspecified atom stereocenters. The zero-order chi connectivity index (χ0) is 56.1. The molecule has 3 fully saturated rings. The van der Waals surface area contributed by atoms with E-state index in [4.69, 9.17) is 55.1 Å². The minimum absolute atomic E-state index is 0.0882. The Bertz CT molecular complexity index is 3090. The minimum Gasteiger partial charge on any atom is -0.507 e. The fourth-order valence-electron chi connectivity index (χ4n) is 9.39. The Labute approximate surface area is 447 Å². The maximum absolute atomic E-state index is 13.8. The van der Waals surface area contributed by atoms with Crippen molar-refractivity contribution >= 4 is 35.0 Å². The standard InChI is InChI=1S/C51H53N9O19/c52-25-4-7-31(61)28(16-25)46(68)72-19-34-40(64)41(65)38(59-14-2-11-56-23-59)50(76-34)79-45-36(21-74-48(70)30-18-27(54)6-9-33(30)63)77-51(39(43(45)67)60-15-3-12-57-24-60)78-44-35(20-73-47(69)29-17-26(53)5-8-32(29)62)75-49(71)37(42(44)66)58-13-1-10-55-22-58/h1-18,22-24,34-45,49-51,64-67,71H,19-21,52-54H2/p+3/t34?,35?,36?,37?,38?,39?,40-,41+,42+,43+,44-,45-,49-,50+,51+/m1/s1. The van der Waals surface area contributed by atoms with Gasteiger partial charge in [-0.25, -0.2) is 28.1 Å². The number of nitrogen functional groups attached to an aromatic ring is 3. The summed E-state index contributed by atoms with van der Waals surface area (Å²) in [7, 11) is 0.